The Hall–Kier alpha value is -2.49. The molecule has 0 unspecified atom stereocenters. The Morgan fingerprint density at radius 3 is 2.46 bits per heavy atom. The molecule has 2 heterocycles. The second kappa shape index (κ2) is 8.26. The van der Waals surface area contributed by atoms with Crippen LogP contribution in [0.15, 0.2) is 47.5 Å². The highest BCUT2D eigenvalue weighted by atomic mass is 32.2. The van der Waals surface area contributed by atoms with Crippen LogP contribution in [-0.4, -0.2) is 52.6 Å². The fraction of sp³-hybridized carbons (Fsp3) is 0.368. The number of pyridine rings is 1. The first-order valence-corrected chi connectivity index (χ1v) is 10.6. The Labute approximate surface area is 165 Å². The van der Waals surface area contributed by atoms with Crippen molar-refractivity contribution in [2.24, 2.45) is 5.14 Å². The molecule has 9 heteroatoms. The molecule has 1 amide bonds. The number of primary sulfonamides is 1. The molecule has 1 atom stereocenters. The molecule has 28 heavy (non-hydrogen) atoms. The predicted molar refractivity (Wildman–Crippen MR) is 104 cm³/mol. The minimum atomic E-state index is -3.74. The molecule has 0 saturated carbocycles. The molecule has 1 saturated heterocycles. The average Bonchev–Trinajstić information content (AvgIpc) is 2.72. The summed E-state index contributed by atoms with van der Waals surface area (Å²) in [6, 6.07) is 9.78. The van der Waals surface area contributed by atoms with Gasteiger partial charge < -0.3 is 14.5 Å². The number of carbonyl (C=O) groups is 1. The van der Waals surface area contributed by atoms with E-state index in [1.165, 1.54) is 12.1 Å². The highest BCUT2D eigenvalue weighted by molar-refractivity contribution is 7.89. The van der Waals surface area contributed by atoms with Gasteiger partial charge in [-0.25, -0.2) is 18.5 Å². The van der Waals surface area contributed by atoms with E-state index in [1.807, 2.05) is 19.1 Å². The average molecular weight is 406 g/mol. The Balaban J connectivity index is 1.76. The number of aromatic amines is 1. The van der Waals surface area contributed by atoms with Crippen LogP contribution in [0.1, 0.15) is 29.0 Å². The van der Waals surface area contributed by atoms with Gasteiger partial charge in [-0.3, -0.25) is 4.79 Å². The smallest absolute Gasteiger partial charge is 0.318 e. The number of hydrogen-bond donors (Lipinski definition) is 1. The summed E-state index contributed by atoms with van der Waals surface area (Å²) in [6.45, 7) is 4.82. The summed E-state index contributed by atoms with van der Waals surface area (Å²) >= 11 is 0. The van der Waals surface area contributed by atoms with Gasteiger partial charge in [0, 0.05) is 38.0 Å². The van der Waals surface area contributed by atoms with Crippen LogP contribution in [0.5, 0.6) is 0 Å². The third kappa shape index (κ3) is 4.49. The zero-order chi connectivity index (χ0) is 20.3. The van der Waals surface area contributed by atoms with Gasteiger partial charge in [-0.2, -0.15) is 0 Å². The van der Waals surface area contributed by atoms with E-state index in [2.05, 4.69) is 9.88 Å². The van der Waals surface area contributed by atoms with Gasteiger partial charge >= 0.3 is 5.91 Å². The maximum atomic E-state index is 13.0. The van der Waals surface area contributed by atoms with Crippen molar-refractivity contribution in [2.45, 2.75) is 17.9 Å². The number of nitrogens with two attached hydrogens (primary N) is 1. The molecule has 8 nitrogen and oxygen atoms in total. The zero-order valence-corrected chi connectivity index (χ0v) is 16.8. The summed E-state index contributed by atoms with van der Waals surface area (Å²) in [5, 5.41) is 5.13. The van der Waals surface area contributed by atoms with E-state index >= 15 is 0 Å². The molecular formula is C19H25N4O4S+. The Morgan fingerprint density at radius 2 is 1.86 bits per heavy atom. The van der Waals surface area contributed by atoms with Crippen LogP contribution in [-0.2, 0) is 14.8 Å². The second-order valence-electron chi connectivity index (χ2n) is 6.77. The van der Waals surface area contributed by atoms with Gasteiger partial charge in [-0.15, -0.1) is 0 Å². The largest absolute Gasteiger partial charge is 0.378 e. The maximum Gasteiger partial charge on any atom is 0.318 e. The highest BCUT2D eigenvalue weighted by Gasteiger charge is 2.25. The van der Waals surface area contributed by atoms with Gasteiger partial charge in [0.15, 0.2) is 6.20 Å². The van der Waals surface area contributed by atoms with Crippen LogP contribution in [0.25, 0.3) is 0 Å². The lowest BCUT2D eigenvalue weighted by Gasteiger charge is -2.28. The van der Waals surface area contributed by atoms with Crippen LogP contribution in [0.4, 0.5) is 5.69 Å². The van der Waals surface area contributed by atoms with Gasteiger partial charge in [-0.05, 0) is 24.6 Å². The number of morpholine rings is 1. The predicted octanol–water partition coefficient (Wildman–Crippen LogP) is 0.818. The van der Waals surface area contributed by atoms with E-state index in [-0.39, 0.29) is 16.8 Å². The Bertz CT molecular complexity index is 941. The maximum absolute atomic E-state index is 13.0. The lowest BCUT2D eigenvalue weighted by atomic mass is 10.1. The molecule has 0 bridgehead atoms. The molecule has 2 aromatic rings. The van der Waals surface area contributed by atoms with E-state index in [0.717, 1.165) is 24.3 Å². The van der Waals surface area contributed by atoms with E-state index in [9.17, 15) is 13.2 Å². The van der Waals surface area contributed by atoms with E-state index in [0.29, 0.717) is 18.9 Å². The van der Waals surface area contributed by atoms with Crippen LogP contribution in [0, 0.1) is 0 Å². The lowest BCUT2D eigenvalue weighted by molar-refractivity contribution is -0.382. The molecule has 0 aliphatic carbocycles. The zero-order valence-electron chi connectivity index (χ0n) is 16.0. The van der Waals surface area contributed by atoms with Crippen LogP contribution in [0.2, 0.25) is 0 Å². The van der Waals surface area contributed by atoms with Crippen LogP contribution >= 0.6 is 0 Å². The van der Waals surface area contributed by atoms with Gasteiger partial charge in [0.2, 0.25) is 10.0 Å². The van der Waals surface area contributed by atoms with Crippen molar-refractivity contribution in [3.8, 4) is 0 Å². The van der Waals surface area contributed by atoms with Crippen molar-refractivity contribution < 1.29 is 22.9 Å². The number of nitrogens with one attached hydrogen (secondary N) is 1. The minimum Gasteiger partial charge on any atom is -0.378 e. The summed E-state index contributed by atoms with van der Waals surface area (Å²) in [5.74, 6) is -0.155. The normalized spacial score (nSPS) is 15.9. The number of hydrogen-bond acceptors (Lipinski definition) is 5. The van der Waals surface area contributed by atoms with Crippen LogP contribution < -0.4 is 15.0 Å². The molecular weight excluding hydrogens is 380 g/mol. The summed E-state index contributed by atoms with van der Waals surface area (Å²) < 4.78 is 28.2. The third-order valence-electron chi connectivity index (χ3n) is 4.98. The SMILES string of the molecule is C[C@H](c1ccc(S(N)(=O)=O)cc1)N(C)C(=O)c1cc(N2CCOCC2)cc[nH+]1. The molecule has 0 radical (unpaired) electrons. The molecule has 1 aromatic carbocycles. The molecule has 1 aliphatic rings. The Morgan fingerprint density at radius 1 is 1.21 bits per heavy atom. The highest BCUT2D eigenvalue weighted by Crippen LogP contribution is 2.22. The number of sulfonamides is 1. The molecule has 150 valence electrons. The van der Waals surface area contributed by atoms with Gasteiger partial charge in [0.1, 0.15) is 0 Å². The fourth-order valence-corrected chi connectivity index (χ4v) is 3.64. The molecule has 1 fully saturated rings. The van der Waals surface area contributed by atoms with Crippen LogP contribution in [0.3, 0.4) is 0 Å². The summed E-state index contributed by atoms with van der Waals surface area (Å²) in [4.78, 5) is 19.8. The molecule has 3 N–H and O–H groups in total. The first-order chi connectivity index (χ1) is 13.3. The second-order valence-corrected chi connectivity index (χ2v) is 8.33. The van der Waals surface area contributed by atoms with E-state index in [1.54, 1.807) is 30.3 Å². The summed E-state index contributed by atoms with van der Waals surface area (Å²) in [5.41, 5.74) is 2.27. The van der Waals surface area contributed by atoms with Crippen molar-refractivity contribution >= 4 is 21.6 Å². The minimum absolute atomic E-state index is 0.0453. The fourth-order valence-electron chi connectivity index (χ4n) is 3.12. The molecule has 0 spiro atoms. The number of anilines is 1. The third-order valence-corrected chi connectivity index (χ3v) is 5.91. The molecule has 1 aliphatic heterocycles. The van der Waals surface area contributed by atoms with E-state index in [4.69, 9.17) is 9.88 Å². The van der Waals surface area contributed by atoms with Crippen molar-refractivity contribution in [1.29, 1.82) is 0 Å². The van der Waals surface area contributed by atoms with Crippen molar-refractivity contribution in [2.75, 3.05) is 38.3 Å². The molecule has 3 rings (SSSR count). The first-order valence-electron chi connectivity index (χ1n) is 9.02. The van der Waals surface area contributed by atoms with Crippen molar-refractivity contribution in [1.82, 2.24) is 4.90 Å². The van der Waals surface area contributed by atoms with Gasteiger partial charge in [0.05, 0.1) is 24.2 Å². The van der Waals surface area contributed by atoms with Crippen molar-refractivity contribution in [3.63, 3.8) is 0 Å². The first kappa shape index (κ1) is 20.2. The topological polar surface area (TPSA) is 107 Å². The molecule has 1 aromatic heterocycles. The number of H-pyrrole nitrogens is 1. The Kier molecular flexibility index (Phi) is 5.97. The van der Waals surface area contributed by atoms with Gasteiger partial charge in [-0.1, -0.05) is 12.1 Å². The number of ether oxygens (including phenoxy) is 1. The number of benzene rings is 1. The number of rotatable bonds is 5. The summed E-state index contributed by atoms with van der Waals surface area (Å²) in [6.07, 6.45) is 1.76. The number of nitrogens with zero attached hydrogens (tertiary/aromatic N) is 2. The quantitative estimate of drug-likeness (QED) is 0.792. The monoisotopic (exact) mass is 405 g/mol. The van der Waals surface area contributed by atoms with Crippen molar-refractivity contribution in [3.05, 3.63) is 53.9 Å². The lowest BCUT2D eigenvalue weighted by Crippen LogP contribution is -2.37. The summed E-state index contributed by atoms with van der Waals surface area (Å²) in [7, 11) is -2.02. The standard InChI is InChI=1S/C19H24N4O4S/c1-14(15-3-5-17(6-4-15)28(20,25)26)22(2)19(24)18-13-16(7-8-21-18)23-9-11-27-12-10-23/h3-8,13-14H,9-12H2,1-2H3,(H2,20,25,26)/p+1/t14-/m1/s1. The van der Waals surface area contributed by atoms with Gasteiger partial charge in [0.25, 0.3) is 5.69 Å². The number of carbonyl (C=O) groups excluding carboxylic acids is 1. The number of aromatic nitrogens is 1. The number of amides is 1. The van der Waals surface area contributed by atoms with E-state index < -0.39 is 10.0 Å².